The van der Waals surface area contributed by atoms with Gasteiger partial charge in [-0.1, -0.05) is 47.4 Å². The van der Waals surface area contributed by atoms with Gasteiger partial charge in [0.05, 0.1) is 5.75 Å². The molecule has 1 aliphatic rings. The van der Waals surface area contributed by atoms with Gasteiger partial charge < -0.3 is 4.90 Å². The highest BCUT2D eigenvalue weighted by atomic mass is 32.2. The van der Waals surface area contributed by atoms with Crippen LogP contribution in [-0.2, 0) is 17.8 Å². The van der Waals surface area contributed by atoms with Gasteiger partial charge in [0.15, 0.2) is 4.34 Å². The molecule has 0 saturated carbocycles. The van der Waals surface area contributed by atoms with Gasteiger partial charge >= 0.3 is 0 Å². The van der Waals surface area contributed by atoms with Gasteiger partial charge in [-0.2, -0.15) is 0 Å². The highest BCUT2D eigenvalue weighted by molar-refractivity contribution is 8.01. The summed E-state index contributed by atoms with van der Waals surface area (Å²) >= 11 is 2.93. The van der Waals surface area contributed by atoms with Crippen molar-refractivity contribution in [2.45, 2.75) is 17.3 Å². The van der Waals surface area contributed by atoms with Gasteiger partial charge in [-0.05, 0) is 17.5 Å². The first kappa shape index (κ1) is 12.6. The van der Waals surface area contributed by atoms with E-state index in [1.165, 1.54) is 34.2 Å². The molecule has 0 atom stereocenters. The first-order chi connectivity index (χ1) is 9.33. The Kier molecular flexibility index (Phi) is 3.79. The number of benzene rings is 1. The van der Waals surface area contributed by atoms with Crippen LogP contribution in [0.1, 0.15) is 11.1 Å². The zero-order chi connectivity index (χ0) is 13.1. The van der Waals surface area contributed by atoms with Crippen LogP contribution in [0.3, 0.4) is 0 Å². The molecular formula is C13H13N3OS2. The second-order valence-electron chi connectivity index (χ2n) is 4.33. The number of thioether (sulfide) groups is 1. The monoisotopic (exact) mass is 291 g/mol. The fourth-order valence-electron chi connectivity index (χ4n) is 2.15. The van der Waals surface area contributed by atoms with Crippen LogP contribution in [0.2, 0.25) is 0 Å². The van der Waals surface area contributed by atoms with Gasteiger partial charge in [0, 0.05) is 13.1 Å². The average molecular weight is 291 g/mol. The van der Waals surface area contributed by atoms with Crippen LogP contribution < -0.4 is 0 Å². The van der Waals surface area contributed by atoms with Crippen molar-refractivity contribution in [2.75, 3.05) is 12.3 Å². The second kappa shape index (κ2) is 5.71. The lowest BCUT2D eigenvalue weighted by atomic mass is 10.00. The van der Waals surface area contributed by atoms with E-state index in [1.807, 2.05) is 11.0 Å². The minimum absolute atomic E-state index is 0.176. The standard InChI is InChI=1S/C13H13N3OS2/c17-12(8-18-13-15-14-9-19-13)16-6-5-10-3-1-2-4-11(10)7-16/h1-4,9H,5-8H2. The molecule has 0 fully saturated rings. The van der Waals surface area contributed by atoms with Crippen molar-refractivity contribution in [1.29, 1.82) is 0 Å². The van der Waals surface area contributed by atoms with Crippen LogP contribution in [0.5, 0.6) is 0 Å². The summed E-state index contributed by atoms with van der Waals surface area (Å²) in [4.78, 5) is 14.1. The number of nitrogens with zero attached hydrogens (tertiary/aromatic N) is 3. The fraction of sp³-hybridized carbons (Fsp3) is 0.308. The van der Waals surface area contributed by atoms with E-state index in [1.54, 1.807) is 5.51 Å². The highest BCUT2D eigenvalue weighted by Crippen LogP contribution is 2.22. The van der Waals surface area contributed by atoms with E-state index >= 15 is 0 Å². The van der Waals surface area contributed by atoms with Gasteiger partial charge in [0.25, 0.3) is 0 Å². The van der Waals surface area contributed by atoms with Crippen LogP contribution in [0.15, 0.2) is 34.1 Å². The molecule has 3 rings (SSSR count). The second-order valence-corrected chi connectivity index (χ2v) is 6.38. The lowest BCUT2D eigenvalue weighted by Gasteiger charge is -2.28. The maximum absolute atomic E-state index is 12.2. The number of amides is 1. The molecular weight excluding hydrogens is 278 g/mol. The molecule has 1 aromatic heterocycles. The number of fused-ring (bicyclic) bond motifs is 1. The van der Waals surface area contributed by atoms with E-state index in [4.69, 9.17) is 0 Å². The number of carbonyl (C=O) groups is 1. The van der Waals surface area contributed by atoms with Gasteiger partial charge in [0.1, 0.15) is 5.51 Å². The van der Waals surface area contributed by atoms with Crippen LogP contribution in [0, 0.1) is 0 Å². The summed E-state index contributed by atoms with van der Waals surface area (Å²) in [5, 5.41) is 7.70. The largest absolute Gasteiger partial charge is 0.337 e. The van der Waals surface area contributed by atoms with Crippen LogP contribution in [0.25, 0.3) is 0 Å². The van der Waals surface area contributed by atoms with Gasteiger partial charge in [-0.25, -0.2) is 0 Å². The molecule has 1 aliphatic heterocycles. The summed E-state index contributed by atoms with van der Waals surface area (Å²) in [7, 11) is 0. The van der Waals surface area contributed by atoms with E-state index in [0.717, 1.165) is 23.8 Å². The summed E-state index contributed by atoms with van der Waals surface area (Å²) in [5.74, 6) is 0.617. The predicted molar refractivity (Wildman–Crippen MR) is 76.2 cm³/mol. The smallest absolute Gasteiger partial charge is 0.233 e. The fourth-order valence-corrected chi connectivity index (χ4v) is 3.54. The van der Waals surface area contributed by atoms with Crippen LogP contribution in [-0.4, -0.2) is 33.3 Å². The Morgan fingerprint density at radius 2 is 2.21 bits per heavy atom. The Morgan fingerprint density at radius 1 is 1.37 bits per heavy atom. The first-order valence-electron chi connectivity index (χ1n) is 6.06. The maximum atomic E-state index is 12.2. The third kappa shape index (κ3) is 2.96. The minimum Gasteiger partial charge on any atom is -0.337 e. The number of hydrogen-bond donors (Lipinski definition) is 0. The Bertz CT molecular complexity index is 571. The third-order valence-corrected chi connectivity index (χ3v) is 4.99. The van der Waals surface area contributed by atoms with Crippen molar-refractivity contribution in [3.05, 3.63) is 40.9 Å². The first-order valence-corrected chi connectivity index (χ1v) is 7.93. The summed E-state index contributed by atoms with van der Waals surface area (Å²) in [5.41, 5.74) is 4.32. The Hall–Kier alpha value is -1.40. The van der Waals surface area contributed by atoms with Gasteiger partial charge in [-0.3, -0.25) is 4.79 Å². The topological polar surface area (TPSA) is 46.1 Å². The molecule has 2 aromatic rings. The lowest BCUT2D eigenvalue weighted by Crippen LogP contribution is -2.37. The van der Waals surface area contributed by atoms with Gasteiger partial charge in [0.2, 0.25) is 5.91 Å². The zero-order valence-corrected chi connectivity index (χ0v) is 11.9. The molecule has 6 heteroatoms. The molecule has 0 spiro atoms. The molecule has 2 heterocycles. The van der Waals surface area contributed by atoms with Crippen molar-refractivity contribution in [1.82, 2.24) is 15.1 Å². The Balaban J connectivity index is 1.60. The van der Waals surface area contributed by atoms with Crippen molar-refractivity contribution >= 4 is 29.0 Å². The molecule has 0 bridgehead atoms. The Labute approximate surface area is 119 Å². The van der Waals surface area contributed by atoms with E-state index in [2.05, 4.69) is 28.4 Å². The van der Waals surface area contributed by atoms with Crippen LogP contribution >= 0.6 is 23.1 Å². The molecule has 0 N–H and O–H groups in total. The maximum Gasteiger partial charge on any atom is 0.233 e. The average Bonchev–Trinajstić information content (AvgIpc) is 2.97. The quantitative estimate of drug-likeness (QED) is 0.814. The zero-order valence-electron chi connectivity index (χ0n) is 10.3. The van der Waals surface area contributed by atoms with Crippen molar-refractivity contribution in [3.8, 4) is 0 Å². The predicted octanol–water partition coefficient (Wildman–Crippen LogP) is 2.22. The molecule has 1 amide bonds. The molecule has 0 aliphatic carbocycles. The summed E-state index contributed by atoms with van der Waals surface area (Å²) in [6.45, 7) is 1.54. The van der Waals surface area contributed by atoms with E-state index in [0.29, 0.717) is 5.75 Å². The molecule has 98 valence electrons. The van der Waals surface area contributed by atoms with Crippen LogP contribution in [0.4, 0.5) is 0 Å². The van der Waals surface area contributed by atoms with Crippen molar-refractivity contribution < 1.29 is 4.79 Å². The number of rotatable bonds is 3. The molecule has 0 radical (unpaired) electrons. The van der Waals surface area contributed by atoms with E-state index in [-0.39, 0.29) is 5.91 Å². The molecule has 1 aromatic carbocycles. The minimum atomic E-state index is 0.176. The summed E-state index contributed by atoms with van der Waals surface area (Å²) in [6, 6.07) is 8.34. The Morgan fingerprint density at radius 3 is 3.00 bits per heavy atom. The SMILES string of the molecule is O=C(CSc1nncs1)N1CCc2ccccc2C1. The molecule has 0 unspecified atom stereocenters. The normalized spacial score (nSPS) is 14.2. The van der Waals surface area contributed by atoms with Crippen molar-refractivity contribution in [3.63, 3.8) is 0 Å². The molecule has 0 saturated heterocycles. The number of carbonyl (C=O) groups excluding carboxylic acids is 1. The molecule has 4 nitrogen and oxygen atoms in total. The third-order valence-electron chi connectivity index (χ3n) is 3.14. The molecule has 19 heavy (non-hydrogen) atoms. The number of hydrogen-bond acceptors (Lipinski definition) is 5. The van der Waals surface area contributed by atoms with Crippen molar-refractivity contribution in [2.24, 2.45) is 0 Å². The van der Waals surface area contributed by atoms with Gasteiger partial charge in [-0.15, -0.1) is 10.2 Å². The van der Waals surface area contributed by atoms with E-state index < -0.39 is 0 Å². The number of aromatic nitrogens is 2. The summed E-state index contributed by atoms with van der Waals surface area (Å²) < 4.78 is 0.853. The van der Waals surface area contributed by atoms with E-state index in [9.17, 15) is 4.79 Å². The summed E-state index contributed by atoms with van der Waals surface area (Å²) in [6.07, 6.45) is 0.950. The highest BCUT2D eigenvalue weighted by Gasteiger charge is 2.20. The lowest BCUT2D eigenvalue weighted by molar-refractivity contribution is -0.129.